The standard InChI is InChI=1S/C23H24N4O6S/c1-26(2)17-7-6-15-11-21(33-19(15)12-17)23(28)25-34(29,30)18-10-16(14-27-9-5-8-24-27)22(32-4)20(13-18)31-3/h5-13H,14H2,1-4H3,(H,25,28). The predicted molar refractivity (Wildman–Crippen MR) is 126 cm³/mol. The molecule has 0 aliphatic carbocycles. The number of nitrogens with one attached hydrogen (secondary N) is 1. The molecule has 2 aromatic carbocycles. The minimum absolute atomic E-state index is 0.119. The largest absolute Gasteiger partial charge is 0.493 e. The number of fused-ring (bicyclic) bond motifs is 1. The zero-order valence-electron chi connectivity index (χ0n) is 19.1. The lowest BCUT2D eigenvalue weighted by Gasteiger charge is -2.15. The van der Waals surface area contributed by atoms with Crippen molar-refractivity contribution in [1.82, 2.24) is 14.5 Å². The number of anilines is 1. The van der Waals surface area contributed by atoms with Crippen LogP contribution in [-0.2, 0) is 16.6 Å². The highest BCUT2D eigenvalue weighted by Gasteiger charge is 2.25. The smallest absolute Gasteiger partial charge is 0.300 e. The average Bonchev–Trinajstić information content (AvgIpc) is 3.47. The van der Waals surface area contributed by atoms with E-state index in [0.29, 0.717) is 22.3 Å². The first kappa shape index (κ1) is 23.2. The van der Waals surface area contributed by atoms with Crippen molar-refractivity contribution >= 4 is 32.6 Å². The summed E-state index contributed by atoms with van der Waals surface area (Å²) < 4.78 is 46.3. The van der Waals surface area contributed by atoms with E-state index in [4.69, 9.17) is 13.9 Å². The third-order valence-electron chi connectivity index (χ3n) is 5.20. The molecule has 1 amide bonds. The SMILES string of the molecule is COc1cc(S(=O)(=O)NC(=O)c2cc3ccc(N(C)C)cc3o2)cc(Cn2cccn2)c1OC. The van der Waals surface area contributed by atoms with Crippen molar-refractivity contribution in [2.24, 2.45) is 0 Å². The minimum atomic E-state index is -4.26. The van der Waals surface area contributed by atoms with Crippen molar-refractivity contribution in [3.8, 4) is 11.5 Å². The van der Waals surface area contributed by atoms with Gasteiger partial charge in [0.15, 0.2) is 17.3 Å². The number of ether oxygens (including phenoxy) is 2. The maximum absolute atomic E-state index is 13.1. The van der Waals surface area contributed by atoms with E-state index in [1.54, 1.807) is 35.3 Å². The van der Waals surface area contributed by atoms with Crippen LogP contribution in [0, 0.1) is 0 Å². The molecule has 0 fully saturated rings. The summed E-state index contributed by atoms with van der Waals surface area (Å²) in [4.78, 5) is 14.5. The zero-order valence-corrected chi connectivity index (χ0v) is 19.9. The molecule has 2 heterocycles. The van der Waals surface area contributed by atoms with Crippen LogP contribution in [0.2, 0.25) is 0 Å². The Labute approximate surface area is 196 Å². The third kappa shape index (κ3) is 4.55. The number of methoxy groups -OCH3 is 2. The molecule has 0 saturated heterocycles. The first-order chi connectivity index (χ1) is 16.2. The monoisotopic (exact) mass is 484 g/mol. The van der Waals surface area contributed by atoms with Crippen molar-refractivity contribution in [2.75, 3.05) is 33.2 Å². The van der Waals surface area contributed by atoms with Crippen molar-refractivity contribution in [3.63, 3.8) is 0 Å². The molecule has 10 nitrogen and oxygen atoms in total. The Hall–Kier alpha value is -3.99. The molecular weight excluding hydrogens is 460 g/mol. The van der Waals surface area contributed by atoms with Crippen molar-refractivity contribution < 1.29 is 27.1 Å². The van der Waals surface area contributed by atoms with E-state index in [9.17, 15) is 13.2 Å². The maximum Gasteiger partial charge on any atom is 0.300 e. The number of benzene rings is 2. The van der Waals surface area contributed by atoms with Gasteiger partial charge in [0.2, 0.25) is 0 Å². The highest BCUT2D eigenvalue weighted by Crippen LogP contribution is 2.35. The molecule has 0 saturated carbocycles. The Balaban J connectivity index is 1.66. The fraction of sp³-hybridized carbons (Fsp3) is 0.217. The summed E-state index contributed by atoms with van der Waals surface area (Å²) in [5.74, 6) is -0.421. The molecule has 4 rings (SSSR count). The molecule has 11 heteroatoms. The summed E-state index contributed by atoms with van der Waals surface area (Å²) in [6.07, 6.45) is 3.34. The molecule has 0 aliphatic heterocycles. The summed E-state index contributed by atoms with van der Waals surface area (Å²) in [6.45, 7) is 0.238. The number of nitrogens with zero attached hydrogens (tertiary/aromatic N) is 3. The third-order valence-corrected chi connectivity index (χ3v) is 6.51. The van der Waals surface area contributed by atoms with Crippen LogP contribution in [0.15, 0.2) is 64.2 Å². The van der Waals surface area contributed by atoms with Gasteiger partial charge in [-0.15, -0.1) is 0 Å². The van der Waals surface area contributed by atoms with Crippen molar-refractivity contribution in [3.05, 3.63) is 66.2 Å². The van der Waals surface area contributed by atoms with E-state index in [-0.39, 0.29) is 22.9 Å². The number of furan rings is 1. The van der Waals surface area contributed by atoms with Gasteiger partial charge in [-0.25, -0.2) is 13.1 Å². The van der Waals surface area contributed by atoms with Gasteiger partial charge in [0, 0.05) is 55.3 Å². The fourth-order valence-corrected chi connectivity index (χ4v) is 4.52. The van der Waals surface area contributed by atoms with Crippen LogP contribution >= 0.6 is 0 Å². The van der Waals surface area contributed by atoms with Gasteiger partial charge < -0.3 is 18.8 Å². The van der Waals surface area contributed by atoms with E-state index in [1.165, 1.54) is 32.4 Å². The van der Waals surface area contributed by atoms with E-state index >= 15 is 0 Å². The minimum Gasteiger partial charge on any atom is -0.493 e. The lowest BCUT2D eigenvalue weighted by Crippen LogP contribution is -2.30. The number of hydrogen-bond donors (Lipinski definition) is 1. The quantitative estimate of drug-likeness (QED) is 0.406. The highest BCUT2D eigenvalue weighted by atomic mass is 32.2. The van der Waals surface area contributed by atoms with Gasteiger partial charge in [-0.2, -0.15) is 5.10 Å². The number of carbonyl (C=O) groups is 1. The maximum atomic E-state index is 13.1. The molecule has 0 aliphatic rings. The first-order valence-electron chi connectivity index (χ1n) is 10.2. The van der Waals surface area contributed by atoms with Gasteiger partial charge in [-0.3, -0.25) is 9.48 Å². The van der Waals surface area contributed by atoms with Crippen LogP contribution in [0.5, 0.6) is 11.5 Å². The van der Waals surface area contributed by atoms with Gasteiger partial charge in [-0.1, -0.05) is 0 Å². The Morgan fingerprint density at radius 1 is 1.15 bits per heavy atom. The van der Waals surface area contributed by atoms with Gasteiger partial charge in [-0.05, 0) is 30.3 Å². The molecule has 0 radical (unpaired) electrons. The lowest BCUT2D eigenvalue weighted by molar-refractivity contribution is 0.0956. The molecular formula is C23H24N4O6S. The number of hydrogen-bond acceptors (Lipinski definition) is 8. The van der Waals surface area contributed by atoms with E-state index in [0.717, 1.165) is 5.69 Å². The van der Waals surface area contributed by atoms with Crippen LogP contribution in [0.3, 0.4) is 0 Å². The second-order valence-corrected chi connectivity index (χ2v) is 9.37. The van der Waals surface area contributed by atoms with Gasteiger partial charge in [0.1, 0.15) is 5.58 Å². The summed E-state index contributed by atoms with van der Waals surface area (Å²) in [6, 6.07) is 11.4. The molecule has 0 atom stereocenters. The van der Waals surface area contributed by atoms with E-state index in [2.05, 4.69) is 9.82 Å². The topological polar surface area (TPSA) is 116 Å². The lowest BCUT2D eigenvalue weighted by atomic mass is 10.2. The van der Waals surface area contributed by atoms with Gasteiger partial charge in [0.05, 0.1) is 25.7 Å². The zero-order chi connectivity index (χ0) is 24.5. The first-order valence-corrected chi connectivity index (χ1v) is 11.7. The normalized spacial score (nSPS) is 11.4. The van der Waals surface area contributed by atoms with Crippen LogP contribution < -0.4 is 19.1 Å². The summed E-state index contributed by atoms with van der Waals surface area (Å²) in [5.41, 5.74) is 1.87. The van der Waals surface area contributed by atoms with Crippen LogP contribution in [0.25, 0.3) is 11.0 Å². The molecule has 178 valence electrons. The Morgan fingerprint density at radius 2 is 1.94 bits per heavy atom. The molecule has 0 bridgehead atoms. The molecule has 0 unspecified atom stereocenters. The molecule has 34 heavy (non-hydrogen) atoms. The summed E-state index contributed by atoms with van der Waals surface area (Å²) in [7, 11) is 2.37. The van der Waals surface area contributed by atoms with E-state index < -0.39 is 15.9 Å². The second kappa shape index (κ2) is 9.10. The average molecular weight is 485 g/mol. The molecule has 2 aromatic heterocycles. The summed E-state index contributed by atoms with van der Waals surface area (Å²) in [5, 5.41) is 4.83. The Kier molecular flexibility index (Phi) is 6.20. The molecule has 4 aromatic rings. The number of amides is 1. The number of carbonyl (C=O) groups excluding carboxylic acids is 1. The van der Waals surface area contributed by atoms with Crippen molar-refractivity contribution in [1.29, 1.82) is 0 Å². The highest BCUT2D eigenvalue weighted by molar-refractivity contribution is 7.90. The number of rotatable bonds is 8. The molecule has 0 spiro atoms. The predicted octanol–water partition coefficient (Wildman–Crippen LogP) is 2.88. The number of sulfonamides is 1. The molecule has 1 N–H and O–H groups in total. The van der Waals surface area contributed by atoms with Crippen LogP contribution in [0.4, 0.5) is 5.69 Å². The van der Waals surface area contributed by atoms with Crippen molar-refractivity contribution in [2.45, 2.75) is 11.4 Å². The van der Waals surface area contributed by atoms with Crippen LogP contribution in [-0.4, -0.2) is 52.4 Å². The number of aromatic nitrogens is 2. The van der Waals surface area contributed by atoms with Gasteiger partial charge in [0.25, 0.3) is 10.0 Å². The summed E-state index contributed by atoms with van der Waals surface area (Å²) >= 11 is 0. The van der Waals surface area contributed by atoms with Gasteiger partial charge >= 0.3 is 5.91 Å². The Bertz CT molecular complexity index is 1440. The second-order valence-electron chi connectivity index (χ2n) is 7.68. The Morgan fingerprint density at radius 3 is 2.59 bits per heavy atom. The van der Waals surface area contributed by atoms with E-state index in [1.807, 2.05) is 25.1 Å². The van der Waals surface area contributed by atoms with Crippen LogP contribution in [0.1, 0.15) is 16.1 Å². The fourth-order valence-electron chi connectivity index (χ4n) is 3.50.